The predicted octanol–water partition coefficient (Wildman–Crippen LogP) is 2.67. The van der Waals surface area contributed by atoms with Gasteiger partial charge in [-0.3, -0.25) is 4.79 Å². The molecule has 0 amide bonds. The van der Waals surface area contributed by atoms with Gasteiger partial charge in [-0.1, -0.05) is 18.7 Å². The van der Waals surface area contributed by atoms with Gasteiger partial charge >= 0.3 is 5.97 Å². The molecule has 0 aromatic rings. The number of ether oxygens (including phenoxy) is 2. The Labute approximate surface area is 88.8 Å². The second kappa shape index (κ2) is 4.73. The maximum Gasteiger partial charge on any atom is 0.306 e. The topological polar surface area (TPSA) is 35.5 Å². The van der Waals surface area contributed by atoms with Crippen molar-refractivity contribution in [1.29, 1.82) is 0 Å². The average molecular weight is 216 g/mol. The Bertz CT molecular complexity index is 246. The van der Waals surface area contributed by atoms with Crippen LogP contribution in [0.3, 0.4) is 0 Å². The Hall–Kier alpha value is -0.640. The molecule has 1 aliphatic heterocycles. The van der Waals surface area contributed by atoms with E-state index in [2.05, 4.69) is 0 Å². The highest BCUT2D eigenvalue weighted by molar-refractivity contribution is 8.04. The van der Waals surface area contributed by atoms with E-state index in [1.165, 1.54) is 0 Å². The van der Waals surface area contributed by atoms with Crippen molar-refractivity contribution in [2.24, 2.45) is 0 Å². The summed E-state index contributed by atoms with van der Waals surface area (Å²) in [6, 6.07) is 0. The van der Waals surface area contributed by atoms with Crippen LogP contribution in [0.5, 0.6) is 0 Å². The molecule has 1 heterocycles. The van der Waals surface area contributed by atoms with Gasteiger partial charge in [0.25, 0.3) is 0 Å². The first-order chi connectivity index (χ1) is 6.53. The molecular weight excluding hydrogens is 200 g/mol. The fourth-order valence-corrected chi connectivity index (χ4v) is 2.00. The maximum atomic E-state index is 11.1. The molecule has 0 bridgehead atoms. The first-order valence-corrected chi connectivity index (χ1v) is 5.56. The normalized spacial score (nSPS) is 18.6. The Morgan fingerprint density at radius 3 is 2.86 bits per heavy atom. The second-order valence-corrected chi connectivity index (χ2v) is 5.33. The molecule has 1 aliphatic rings. The summed E-state index contributed by atoms with van der Waals surface area (Å²) in [7, 11) is 0. The molecule has 0 N–H and O–H groups in total. The first-order valence-electron chi connectivity index (χ1n) is 4.75. The number of thioether (sulfide) groups is 1. The average Bonchev–Trinajstić information content (AvgIpc) is 2.43. The van der Waals surface area contributed by atoms with Gasteiger partial charge in [-0.15, -0.1) is 0 Å². The van der Waals surface area contributed by atoms with E-state index in [-0.39, 0.29) is 10.9 Å². The molecule has 3 nitrogen and oxygen atoms in total. The number of hydrogen-bond acceptors (Lipinski definition) is 4. The third-order valence-electron chi connectivity index (χ3n) is 1.68. The Balaban J connectivity index is 2.24. The van der Waals surface area contributed by atoms with Gasteiger partial charge in [0, 0.05) is 6.42 Å². The van der Waals surface area contributed by atoms with E-state index < -0.39 is 0 Å². The number of esters is 1. The third kappa shape index (κ3) is 3.62. The van der Waals surface area contributed by atoms with Crippen molar-refractivity contribution < 1.29 is 14.3 Å². The highest BCUT2D eigenvalue weighted by Crippen LogP contribution is 2.38. The zero-order valence-corrected chi connectivity index (χ0v) is 9.65. The molecule has 14 heavy (non-hydrogen) atoms. The number of carbonyl (C=O) groups excluding carboxylic acids is 1. The van der Waals surface area contributed by atoms with Gasteiger partial charge in [-0.2, -0.15) is 0 Å². The van der Waals surface area contributed by atoms with Crippen LogP contribution in [0.4, 0.5) is 0 Å². The molecular formula is C10H16O3S. The van der Waals surface area contributed by atoms with Crippen molar-refractivity contribution in [3.05, 3.63) is 11.2 Å². The summed E-state index contributed by atoms with van der Waals surface area (Å²) in [5.74, 6) is -0.140. The molecule has 0 spiro atoms. The quantitative estimate of drug-likeness (QED) is 0.677. The Morgan fingerprint density at radius 1 is 1.64 bits per heavy atom. The van der Waals surface area contributed by atoms with E-state index in [0.717, 1.165) is 11.3 Å². The van der Waals surface area contributed by atoms with Crippen LogP contribution in [0.1, 0.15) is 33.6 Å². The van der Waals surface area contributed by atoms with Gasteiger partial charge in [0.15, 0.2) is 4.93 Å². The van der Waals surface area contributed by atoms with Crippen LogP contribution in [0, 0.1) is 0 Å². The standard InChI is InChI=1S/C10H16O3S/c1-4-5-9(11)12-6-8-7-13-10(2,3)14-8/h7H,4-6H2,1-3H3. The minimum absolute atomic E-state index is 0.140. The van der Waals surface area contributed by atoms with Crippen molar-refractivity contribution in [2.45, 2.75) is 38.5 Å². The SMILES string of the molecule is CCCC(=O)OCC1=COC(C)(C)S1. The van der Waals surface area contributed by atoms with Gasteiger partial charge in [0.1, 0.15) is 6.61 Å². The van der Waals surface area contributed by atoms with Crippen molar-refractivity contribution in [2.75, 3.05) is 6.61 Å². The molecule has 0 aromatic carbocycles. The predicted molar refractivity (Wildman–Crippen MR) is 56.7 cm³/mol. The van der Waals surface area contributed by atoms with Crippen molar-refractivity contribution in [1.82, 2.24) is 0 Å². The minimum Gasteiger partial charge on any atom is -0.484 e. The number of rotatable bonds is 4. The van der Waals surface area contributed by atoms with Crippen molar-refractivity contribution in [3.63, 3.8) is 0 Å². The lowest BCUT2D eigenvalue weighted by atomic mass is 10.3. The maximum absolute atomic E-state index is 11.1. The van der Waals surface area contributed by atoms with Gasteiger partial charge in [-0.25, -0.2) is 0 Å². The molecule has 0 fully saturated rings. The summed E-state index contributed by atoms with van der Waals surface area (Å²) in [5.41, 5.74) is 0. The second-order valence-electron chi connectivity index (χ2n) is 3.61. The van der Waals surface area contributed by atoms with E-state index in [9.17, 15) is 4.79 Å². The molecule has 80 valence electrons. The van der Waals surface area contributed by atoms with E-state index in [0.29, 0.717) is 13.0 Å². The minimum atomic E-state index is -0.216. The summed E-state index contributed by atoms with van der Waals surface area (Å²) in [6.45, 7) is 6.26. The Kier molecular flexibility index (Phi) is 3.86. The largest absolute Gasteiger partial charge is 0.484 e. The van der Waals surface area contributed by atoms with E-state index in [4.69, 9.17) is 9.47 Å². The van der Waals surface area contributed by atoms with Gasteiger partial charge in [0.2, 0.25) is 0 Å². The molecule has 1 rings (SSSR count). The van der Waals surface area contributed by atoms with E-state index in [1.54, 1.807) is 18.0 Å². The molecule has 0 aromatic heterocycles. The highest BCUT2D eigenvalue weighted by Gasteiger charge is 2.27. The molecule has 0 aliphatic carbocycles. The van der Waals surface area contributed by atoms with Crippen LogP contribution in [0.15, 0.2) is 11.2 Å². The first kappa shape index (κ1) is 11.4. The van der Waals surface area contributed by atoms with Gasteiger partial charge in [-0.05, 0) is 20.3 Å². The van der Waals surface area contributed by atoms with E-state index >= 15 is 0 Å². The lowest BCUT2D eigenvalue weighted by Crippen LogP contribution is -2.12. The van der Waals surface area contributed by atoms with Crippen LogP contribution in [-0.2, 0) is 14.3 Å². The zero-order valence-electron chi connectivity index (χ0n) is 8.83. The summed E-state index contributed by atoms with van der Waals surface area (Å²) in [4.78, 5) is 11.8. The molecule has 4 heteroatoms. The zero-order chi connectivity index (χ0) is 10.6. The van der Waals surface area contributed by atoms with Crippen LogP contribution in [0.25, 0.3) is 0 Å². The molecule has 0 radical (unpaired) electrons. The fourth-order valence-electron chi connectivity index (χ4n) is 1.06. The van der Waals surface area contributed by atoms with Crippen LogP contribution >= 0.6 is 11.8 Å². The molecule has 0 atom stereocenters. The molecule has 0 saturated carbocycles. The number of carbonyl (C=O) groups is 1. The smallest absolute Gasteiger partial charge is 0.306 e. The third-order valence-corrected chi connectivity index (χ3v) is 2.74. The Morgan fingerprint density at radius 2 is 2.36 bits per heavy atom. The molecule has 0 saturated heterocycles. The summed E-state index contributed by atoms with van der Waals surface area (Å²) in [5, 5.41) is 0. The van der Waals surface area contributed by atoms with Crippen LogP contribution in [0.2, 0.25) is 0 Å². The van der Waals surface area contributed by atoms with E-state index in [1.807, 2.05) is 20.8 Å². The lowest BCUT2D eigenvalue weighted by molar-refractivity contribution is -0.142. The highest BCUT2D eigenvalue weighted by atomic mass is 32.2. The van der Waals surface area contributed by atoms with Gasteiger partial charge in [0.05, 0.1) is 11.2 Å². The summed E-state index contributed by atoms with van der Waals surface area (Å²) < 4.78 is 10.4. The number of hydrogen-bond donors (Lipinski definition) is 0. The fraction of sp³-hybridized carbons (Fsp3) is 0.700. The van der Waals surface area contributed by atoms with Gasteiger partial charge < -0.3 is 9.47 Å². The van der Waals surface area contributed by atoms with Crippen LogP contribution < -0.4 is 0 Å². The molecule has 0 unspecified atom stereocenters. The van der Waals surface area contributed by atoms with Crippen molar-refractivity contribution in [3.8, 4) is 0 Å². The summed E-state index contributed by atoms with van der Waals surface area (Å²) >= 11 is 1.59. The van der Waals surface area contributed by atoms with Crippen LogP contribution in [-0.4, -0.2) is 17.5 Å². The lowest BCUT2D eigenvalue weighted by Gasteiger charge is -2.15. The summed E-state index contributed by atoms with van der Waals surface area (Å²) in [6.07, 6.45) is 2.99. The monoisotopic (exact) mass is 216 g/mol. The van der Waals surface area contributed by atoms with Crippen molar-refractivity contribution >= 4 is 17.7 Å².